The van der Waals surface area contributed by atoms with Crippen molar-refractivity contribution in [2.75, 3.05) is 4.90 Å². The highest BCUT2D eigenvalue weighted by atomic mass is 35.5. The lowest BCUT2D eigenvalue weighted by Crippen LogP contribution is -2.44. The predicted molar refractivity (Wildman–Crippen MR) is 139 cm³/mol. The first-order chi connectivity index (χ1) is 17.8. The van der Waals surface area contributed by atoms with E-state index in [0.29, 0.717) is 10.7 Å². The number of fused-ring (bicyclic) bond motifs is 5. The number of hydrogen-bond donors (Lipinski definition) is 1. The molecule has 7 nitrogen and oxygen atoms in total. The topological polar surface area (TPSA) is 101 Å². The number of nitrogens with zero attached hydrogens (tertiary/aromatic N) is 2. The Kier molecular flexibility index (Phi) is 5.44. The molecule has 3 aliphatic rings. The van der Waals surface area contributed by atoms with Gasteiger partial charge in [-0.25, -0.2) is 4.90 Å². The summed E-state index contributed by atoms with van der Waals surface area (Å²) in [5, 5.41) is 0.558. The molecular formula is C28H19Cl2N3O4. The first-order valence-corrected chi connectivity index (χ1v) is 12.3. The maximum absolute atomic E-state index is 14.0. The molecule has 0 radical (unpaired) electrons. The summed E-state index contributed by atoms with van der Waals surface area (Å²) in [6.45, 7) is 0. The highest BCUT2D eigenvalue weighted by Gasteiger charge is 2.64. The van der Waals surface area contributed by atoms with Crippen LogP contribution in [0.4, 0.5) is 5.69 Å². The molecule has 0 saturated carbocycles. The predicted octanol–water partition coefficient (Wildman–Crippen LogP) is 4.49. The van der Waals surface area contributed by atoms with E-state index in [1.807, 2.05) is 35.2 Å². The van der Waals surface area contributed by atoms with Crippen LogP contribution in [0.1, 0.15) is 37.9 Å². The summed E-state index contributed by atoms with van der Waals surface area (Å²) >= 11 is 12.4. The lowest BCUT2D eigenvalue weighted by atomic mass is 9.83. The maximum Gasteiger partial charge on any atom is 0.248 e. The van der Waals surface area contributed by atoms with Crippen molar-refractivity contribution in [3.8, 4) is 0 Å². The quantitative estimate of drug-likeness (QED) is 0.394. The Hall–Kier alpha value is -3.94. The number of carbonyl (C=O) groups is 4. The van der Waals surface area contributed by atoms with Crippen LogP contribution in [0.3, 0.4) is 0 Å². The van der Waals surface area contributed by atoms with Gasteiger partial charge in [-0.15, -0.1) is 0 Å². The molecule has 0 unspecified atom stereocenters. The summed E-state index contributed by atoms with van der Waals surface area (Å²) in [7, 11) is 0. The molecule has 37 heavy (non-hydrogen) atoms. The van der Waals surface area contributed by atoms with Crippen molar-refractivity contribution in [1.82, 2.24) is 4.90 Å². The van der Waals surface area contributed by atoms with Gasteiger partial charge >= 0.3 is 0 Å². The van der Waals surface area contributed by atoms with Crippen molar-refractivity contribution in [3.63, 3.8) is 0 Å². The van der Waals surface area contributed by atoms with Crippen molar-refractivity contribution in [3.05, 3.63) is 105 Å². The van der Waals surface area contributed by atoms with Crippen LogP contribution in [0.25, 0.3) is 6.08 Å². The number of anilines is 1. The van der Waals surface area contributed by atoms with Crippen LogP contribution >= 0.6 is 23.2 Å². The molecule has 3 amide bonds. The minimum absolute atomic E-state index is 0.176. The first kappa shape index (κ1) is 23.5. The van der Waals surface area contributed by atoms with Crippen LogP contribution in [-0.4, -0.2) is 34.4 Å². The highest BCUT2D eigenvalue weighted by molar-refractivity contribution is 6.37. The average molecular weight is 532 g/mol. The molecule has 3 aromatic rings. The Bertz CT molecular complexity index is 1530. The molecule has 9 heteroatoms. The zero-order valence-corrected chi connectivity index (χ0v) is 20.7. The van der Waals surface area contributed by atoms with Gasteiger partial charge in [0.15, 0.2) is 5.78 Å². The zero-order chi connectivity index (χ0) is 26.0. The third-order valence-corrected chi connectivity index (χ3v) is 7.88. The highest BCUT2D eigenvalue weighted by Crippen LogP contribution is 2.54. The molecule has 3 aliphatic heterocycles. The largest absolute Gasteiger partial charge is 0.366 e. The summed E-state index contributed by atoms with van der Waals surface area (Å²) in [5.41, 5.74) is 7.93. The van der Waals surface area contributed by atoms with Gasteiger partial charge in [-0.05, 0) is 59.7 Å². The Morgan fingerprint density at radius 2 is 1.57 bits per heavy atom. The molecule has 3 heterocycles. The Morgan fingerprint density at radius 1 is 0.865 bits per heavy atom. The number of benzene rings is 3. The Labute approximate surface area is 222 Å². The molecule has 2 N–H and O–H groups in total. The summed E-state index contributed by atoms with van der Waals surface area (Å²) in [5.74, 6) is -3.60. The van der Waals surface area contributed by atoms with Crippen LogP contribution in [0.15, 0.2) is 72.9 Å². The normalized spacial score (nSPS) is 23.6. The lowest BCUT2D eigenvalue weighted by Gasteiger charge is -2.35. The monoisotopic (exact) mass is 531 g/mol. The van der Waals surface area contributed by atoms with E-state index >= 15 is 0 Å². The van der Waals surface area contributed by atoms with E-state index in [-0.39, 0.29) is 21.9 Å². The van der Waals surface area contributed by atoms with Crippen LogP contribution in [0, 0.1) is 11.8 Å². The van der Waals surface area contributed by atoms with Crippen LogP contribution in [0.5, 0.6) is 0 Å². The molecule has 3 aromatic carbocycles. The van der Waals surface area contributed by atoms with Gasteiger partial charge in [-0.1, -0.05) is 47.5 Å². The zero-order valence-electron chi connectivity index (χ0n) is 19.2. The molecule has 4 atom stereocenters. The van der Waals surface area contributed by atoms with Gasteiger partial charge in [0.25, 0.3) is 0 Å². The Morgan fingerprint density at radius 3 is 2.27 bits per heavy atom. The van der Waals surface area contributed by atoms with Crippen molar-refractivity contribution in [2.45, 2.75) is 12.1 Å². The van der Waals surface area contributed by atoms with E-state index in [1.165, 1.54) is 30.3 Å². The van der Waals surface area contributed by atoms with Crippen LogP contribution < -0.4 is 10.6 Å². The van der Waals surface area contributed by atoms with Crippen LogP contribution in [-0.2, 0) is 9.59 Å². The molecule has 0 spiro atoms. The molecule has 2 saturated heterocycles. The van der Waals surface area contributed by atoms with E-state index in [4.69, 9.17) is 28.9 Å². The molecule has 0 aromatic heterocycles. The fourth-order valence-corrected chi connectivity index (χ4v) is 6.24. The first-order valence-electron chi connectivity index (χ1n) is 11.6. The number of amides is 3. The van der Waals surface area contributed by atoms with Gasteiger partial charge in [0.1, 0.15) is 6.04 Å². The number of carbonyl (C=O) groups excluding carboxylic acids is 4. The minimum Gasteiger partial charge on any atom is -0.366 e. The fraction of sp³-hybridized carbons (Fsp3) is 0.143. The number of nitrogens with two attached hydrogens (primary N) is 1. The summed E-state index contributed by atoms with van der Waals surface area (Å²) in [4.78, 5) is 56.2. The lowest BCUT2D eigenvalue weighted by molar-refractivity contribution is -0.123. The third kappa shape index (κ3) is 3.49. The van der Waals surface area contributed by atoms with Gasteiger partial charge in [-0.2, -0.15) is 0 Å². The standard InChI is InChI=1S/C28H19Cl2N3O4/c29-16-7-10-19(20(30)13-16)25(34)24-22-21(23-18-4-2-1-3-14(18)11-12-32(23)24)27(36)33(28(22)37)17-8-5-15(6-9-17)26(31)35/h1-13,21-24H,(H2,31,35)/t21-,22+,23+,24+/m0/s1. The summed E-state index contributed by atoms with van der Waals surface area (Å²) < 4.78 is 0. The third-order valence-electron chi connectivity index (χ3n) is 7.34. The molecular weight excluding hydrogens is 513 g/mol. The average Bonchev–Trinajstić information content (AvgIpc) is 3.36. The number of ketones is 1. The fourth-order valence-electron chi connectivity index (χ4n) is 5.74. The smallest absolute Gasteiger partial charge is 0.248 e. The van der Waals surface area contributed by atoms with Gasteiger partial charge in [0.05, 0.1) is 28.6 Å². The summed E-state index contributed by atoms with van der Waals surface area (Å²) in [6, 6.07) is 16.7. The van der Waals surface area contributed by atoms with Gasteiger partial charge in [0.2, 0.25) is 17.7 Å². The Balaban J connectivity index is 1.48. The number of hydrogen-bond acceptors (Lipinski definition) is 5. The maximum atomic E-state index is 14.0. The van der Waals surface area contributed by atoms with Gasteiger partial charge < -0.3 is 10.6 Å². The van der Waals surface area contributed by atoms with Crippen molar-refractivity contribution >= 4 is 58.5 Å². The molecule has 6 rings (SSSR count). The number of rotatable bonds is 4. The molecule has 0 bridgehead atoms. The van der Waals surface area contributed by atoms with Gasteiger partial charge in [-0.3, -0.25) is 19.2 Å². The molecule has 0 aliphatic carbocycles. The second-order valence-corrected chi connectivity index (χ2v) is 10.1. The van der Waals surface area contributed by atoms with Crippen molar-refractivity contribution in [1.29, 1.82) is 0 Å². The van der Waals surface area contributed by atoms with E-state index in [9.17, 15) is 19.2 Å². The second-order valence-electron chi connectivity index (χ2n) is 9.24. The second kappa shape index (κ2) is 8.57. The van der Waals surface area contributed by atoms with Gasteiger partial charge in [0, 0.05) is 22.3 Å². The SMILES string of the molecule is NC(=O)c1ccc(N2C(=O)[C@@H]3[C@H](C2=O)[C@H]2c4ccccc4C=CN2[C@H]3C(=O)c2ccc(Cl)cc2Cl)cc1. The number of Topliss-reactive ketones (excluding diaryl/α,β-unsaturated/α-hetero) is 1. The van der Waals surface area contributed by atoms with E-state index in [1.54, 1.807) is 18.3 Å². The summed E-state index contributed by atoms with van der Waals surface area (Å²) in [6.07, 6.45) is 3.66. The van der Waals surface area contributed by atoms with Crippen molar-refractivity contribution in [2.24, 2.45) is 17.6 Å². The minimum atomic E-state index is -0.954. The van der Waals surface area contributed by atoms with E-state index in [2.05, 4.69) is 0 Å². The number of imide groups is 1. The van der Waals surface area contributed by atoms with E-state index in [0.717, 1.165) is 16.0 Å². The van der Waals surface area contributed by atoms with Crippen molar-refractivity contribution < 1.29 is 19.2 Å². The number of halogens is 2. The van der Waals surface area contributed by atoms with E-state index < -0.39 is 41.6 Å². The number of primary amides is 1. The molecule has 184 valence electrons. The van der Waals surface area contributed by atoms with Crippen LogP contribution in [0.2, 0.25) is 10.0 Å². The molecule has 2 fully saturated rings.